The van der Waals surface area contributed by atoms with Gasteiger partial charge in [-0.3, -0.25) is 9.80 Å². The van der Waals surface area contributed by atoms with Crippen LogP contribution in [0.5, 0.6) is 0 Å². The van der Waals surface area contributed by atoms with Gasteiger partial charge < -0.3 is 0 Å². The third-order valence-electron chi connectivity index (χ3n) is 3.19. The molecule has 0 saturated carbocycles. The summed E-state index contributed by atoms with van der Waals surface area (Å²) < 4.78 is 0. The van der Waals surface area contributed by atoms with Crippen LogP contribution >= 0.6 is 0 Å². The molecule has 0 radical (unpaired) electrons. The molecule has 1 heterocycles. The predicted octanol–water partition coefficient (Wildman–Crippen LogP) is 1.63. The Morgan fingerprint density at radius 2 is 1.92 bits per heavy atom. The summed E-state index contributed by atoms with van der Waals surface area (Å²) >= 11 is 0. The van der Waals surface area contributed by atoms with Gasteiger partial charge in [0.25, 0.3) is 0 Å². The molecule has 0 aromatic heterocycles. The molecule has 2 atom stereocenters. The Balaban J connectivity index is 2.52. The van der Waals surface area contributed by atoms with Crippen molar-refractivity contribution in [1.82, 2.24) is 9.80 Å². The maximum absolute atomic E-state index is 2.55. The zero-order valence-electron chi connectivity index (χ0n) is 8.88. The van der Waals surface area contributed by atoms with E-state index in [1.54, 1.807) is 0 Å². The largest absolute Gasteiger partial charge is 0.291 e. The summed E-state index contributed by atoms with van der Waals surface area (Å²) in [5.41, 5.74) is 0. The molecule has 1 aliphatic rings. The Morgan fingerprint density at radius 1 is 1.25 bits per heavy atom. The lowest BCUT2D eigenvalue weighted by Crippen LogP contribution is -2.53. The molecule has 0 amide bonds. The number of hydrogen-bond acceptors (Lipinski definition) is 2. The minimum absolute atomic E-state index is 0.637. The zero-order chi connectivity index (χ0) is 9.14. The first-order valence-electron chi connectivity index (χ1n) is 5.13. The Morgan fingerprint density at radius 3 is 2.42 bits per heavy atom. The van der Waals surface area contributed by atoms with Crippen LogP contribution in [0.1, 0.15) is 27.2 Å². The van der Waals surface area contributed by atoms with Gasteiger partial charge in [0.1, 0.15) is 0 Å². The number of rotatable bonds is 2. The van der Waals surface area contributed by atoms with Crippen LogP contribution in [-0.2, 0) is 0 Å². The number of hydrogen-bond donors (Lipinski definition) is 0. The molecule has 0 N–H and O–H groups in total. The van der Waals surface area contributed by atoms with Crippen molar-refractivity contribution < 1.29 is 0 Å². The molecule has 0 spiro atoms. The lowest BCUT2D eigenvalue weighted by Gasteiger charge is -2.43. The summed E-state index contributed by atoms with van der Waals surface area (Å²) in [6.45, 7) is 10.6. The van der Waals surface area contributed by atoms with Gasteiger partial charge in [0, 0.05) is 13.1 Å². The minimum Gasteiger partial charge on any atom is -0.291 e. The van der Waals surface area contributed by atoms with E-state index in [-0.39, 0.29) is 0 Å². The van der Waals surface area contributed by atoms with Crippen LogP contribution < -0.4 is 0 Å². The quantitative estimate of drug-likeness (QED) is 0.621. The molecule has 12 heavy (non-hydrogen) atoms. The molecular formula is C10H22N2. The monoisotopic (exact) mass is 170 g/mol. The van der Waals surface area contributed by atoms with Crippen molar-refractivity contribution in [1.29, 1.82) is 0 Å². The van der Waals surface area contributed by atoms with Crippen LogP contribution in [0.25, 0.3) is 0 Å². The van der Waals surface area contributed by atoms with E-state index in [0.29, 0.717) is 6.17 Å². The third kappa shape index (κ3) is 1.99. The van der Waals surface area contributed by atoms with Crippen LogP contribution in [0.3, 0.4) is 0 Å². The first-order valence-corrected chi connectivity index (χ1v) is 5.13. The fourth-order valence-corrected chi connectivity index (χ4v) is 2.03. The topological polar surface area (TPSA) is 6.48 Å². The fraction of sp³-hybridized carbons (Fsp3) is 1.00. The highest BCUT2D eigenvalue weighted by Crippen LogP contribution is 2.18. The molecule has 2 heteroatoms. The highest BCUT2D eigenvalue weighted by molar-refractivity contribution is 4.78. The summed E-state index contributed by atoms with van der Waals surface area (Å²) in [5.74, 6) is 0.881. The van der Waals surface area contributed by atoms with Gasteiger partial charge in [-0.1, -0.05) is 20.3 Å². The highest BCUT2D eigenvalue weighted by Gasteiger charge is 2.26. The molecule has 2 unspecified atom stereocenters. The second-order valence-electron chi connectivity index (χ2n) is 3.93. The third-order valence-corrected chi connectivity index (χ3v) is 3.19. The summed E-state index contributed by atoms with van der Waals surface area (Å²) in [5, 5.41) is 0. The summed E-state index contributed by atoms with van der Waals surface area (Å²) in [4.78, 5) is 5.01. The van der Waals surface area contributed by atoms with Gasteiger partial charge in [-0.2, -0.15) is 0 Å². The van der Waals surface area contributed by atoms with Crippen molar-refractivity contribution in [2.24, 2.45) is 5.92 Å². The lowest BCUT2D eigenvalue weighted by atomic mass is 10.0. The molecule has 1 rings (SSSR count). The normalized spacial score (nSPS) is 34.0. The molecule has 0 aromatic carbocycles. The summed E-state index contributed by atoms with van der Waals surface area (Å²) in [6, 6.07) is 0. The van der Waals surface area contributed by atoms with E-state index < -0.39 is 0 Å². The molecule has 72 valence electrons. The standard InChI is InChI=1S/C10H22N2/c1-5-10-7-11(4)9(3)12(6-2)8-10/h9-10H,5-8H2,1-4H3. The van der Waals surface area contributed by atoms with Crippen molar-refractivity contribution >= 4 is 0 Å². The van der Waals surface area contributed by atoms with E-state index >= 15 is 0 Å². The minimum atomic E-state index is 0.637. The van der Waals surface area contributed by atoms with Gasteiger partial charge in [0.15, 0.2) is 0 Å². The van der Waals surface area contributed by atoms with Crippen molar-refractivity contribution in [3.63, 3.8) is 0 Å². The van der Waals surface area contributed by atoms with E-state index in [1.807, 2.05) is 0 Å². The first kappa shape index (κ1) is 10.0. The number of nitrogens with zero attached hydrogens (tertiary/aromatic N) is 2. The maximum Gasteiger partial charge on any atom is 0.0590 e. The van der Waals surface area contributed by atoms with Crippen LogP contribution in [0, 0.1) is 5.92 Å². The van der Waals surface area contributed by atoms with Gasteiger partial charge in [0.05, 0.1) is 6.17 Å². The Kier molecular flexibility index (Phi) is 3.53. The van der Waals surface area contributed by atoms with Crippen molar-refractivity contribution in [2.45, 2.75) is 33.4 Å². The van der Waals surface area contributed by atoms with E-state index in [0.717, 1.165) is 5.92 Å². The molecule has 0 aromatic rings. The molecular weight excluding hydrogens is 148 g/mol. The van der Waals surface area contributed by atoms with Crippen LogP contribution in [0.4, 0.5) is 0 Å². The summed E-state index contributed by atoms with van der Waals surface area (Å²) in [6.07, 6.45) is 1.95. The average molecular weight is 170 g/mol. The maximum atomic E-state index is 2.55. The zero-order valence-corrected chi connectivity index (χ0v) is 8.88. The van der Waals surface area contributed by atoms with Crippen LogP contribution in [0.2, 0.25) is 0 Å². The van der Waals surface area contributed by atoms with E-state index in [2.05, 4.69) is 37.6 Å². The van der Waals surface area contributed by atoms with Gasteiger partial charge in [-0.05, 0) is 26.4 Å². The van der Waals surface area contributed by atoms with Gasteiger partial charge in [-0.15, -0.1) is 0 Å². The molecule has 2 nitrogen and oxygen atoms in total. The second-order valence-corrected chi connectivity index (χ2v) is 3.93. The predicted molar refractivity (Wildman–Crippen MR) is 53.1 cm³/mol. The Hall–Kier alpha value is -0.0800. The molecule has 0 aliphatic carbocycles. The first-order chi connectivity index (χ1) is 5.69. The smallest absolute Gasteiger partial charge is 0.0590 e. The Labute approximate surface area is 76.5 Å². The van der Waals surface area contributed by atoms with Crippen molar-refractivity contribution in [3.05, 3.63) is 0 Å². The SMILES string of the molecule is CCC1CN(C)C(C)N(CC)C1. The molecule has 1 saturated heterocycles. The fourth-order valence-electron chi connectivity index (χ4n) is 2.03. The summed E-state index contributed by atoms with van der Waals surface area (Å²) in [7, 11) is 2.23. The van der Waals surface area contributed by atoms with E-state index in [1.165, 1.54) is 26.1 Å². The van der Waals surface area contributed by atoms with E-state index in [4.69, 9.17) is 0 Å². The van der Waals surface area contributed by atoms with Crippen LogP contribution in [0.15, 0.2) is 0 Å². The van der Waals surface area contributed by atoms with Gasteiger partial charge in [-0.25, -0.2) is 0 Å². The highest BCUT2D eigenvalue weighted by atomic mass is 15.4. The van der Waals surface area contributed by atoms with Gasteiger partial charge in [0.2, 0.25) is 0 Å². The van der Waals surface area contributed by atoms with Gasteiger partial charge >= 0.3 is 0 Å². The molecule has 0 bridgehead atoms. The Bertz CT molecular complexity index is 136. The van der Waals surface area contributed by atoms with Crippen LogP contribution in [-0.4, -0.2) is 42.6 Å². The van der Waals surface area contributed by atoms with Crippen molar-refractivity contribution in [3.8, 4) is 0 Å². The molecule has 1 fully saturated rings. The lowest BCUT2D eigenvalue weighted by molar-refractivity contribution is 0.00529. The molecule has 1 aliphatic heterocycles. The average Bonchev–Trinajstić information content (AvgIpc) is 2.09. The van der Waals surface area contributed by atoms with E-state index in [9.17, 15) is 0 Å². The van der Waals surface area contributed by atoms with Crippen molar-refractivity contribution in [2.75, 3.05) is 26.7 Å². The second kappa shape index (κ2) is 4.24.